The maximum absolute atomic E-state index is 13.5. The molecule has 6 nitrogen and oxygen atoms in total. The summed E-state index contributed by atoms with van der Waals surface area (Å²) < 4.78 is 17.6. The number of aryl methyl sites for hydroxylation is 1. The van der Waals surface area contributed by atoms with Gasteiger partial charge in [0.2, 0.25) is 0 Å². The molecule has 7 heteroatoms. The number of aromatic nitrogens is 4. The minimum atomic E-state index is -0.271. The zero-order valence-electron chi connectivity index (χ0n) is 19.3. The molecule has 0 fully saturated rings. The fraction of sp³-hybridized carbons (Fsp3) is 0.185. The number of imidazole rings is 2. The van der Waals surface area contributed by atoms with Crippen LogP contribution in [0.4, 0.5) is 15.8 Å². The van der Waals surface area contributed by atoms with Crippen molar-refractivity contribution in [2.75, 3.05) is 5.32 Å². The van der Waals surface area contributed by atoms with Gasteiger partial charge < -0.3 is 19.6 Å². The predicted octanol–water partition coefficient (Wildman–Crippen LogP) is 6.15. The number of halogens is 1. The van der Waals surface area contributed by atoms with Crippen LogP contribution >= 0.6 is 0 Å². The number of anilines is 2. The third-order valence-corrected chi connectivity index (χ3v) is 5.86. The van der Waals surface area contributed by atoms with Crippen LogP contribution in [0.25, 0.3) is 28.1 Å². The van der Waals surface area contributed by atoms with Crippen LogP contribution in [0.15, 0.2) is 73.2 Å². The van der Waals surface area contributed by atoms with Gasteiger partial charge in [0.05, 0.1) is 35.5 Å². The molecule has 2 aromatic heterocycles. The van der Waals surface area contributed by atoms with Crippen LogP contribution in [0, 0.1) is 12.7 Å². The molecule has 0 aliphatic rings. The summed E-state index contributed by atoms with van der Waals surface area (Å²) in [4.78, 5) is 9.24. The molecule has 0 aliphatic carbocycles. The Balaban J connectivity index is 1.57. The van der Waals surface area contributed by atoms with Gasteiger partial charge in [-0.15, -0.1) is 0 Å². The molecule has 0 bridgehead atoms. The SMILES string of the molecule is Cc1cn(-c2ccc(Nc3cccc4c3nc(-c3ccc(F)cc3)n4C(C)C)cc2CO)cn1. The molecule has 34 heavy (non-hydrogen) atoms. The van der Waals surface area contributed by atoms with Crippen LogP contribution in [0.2, 0.25) is 0 Å². The highest BCUT2D eigenvalue weighted by molar-refractivity contribution is 5.93. The number of fused-ring (bicyclic) bond motifs is 1. The Kier molecular flexibility index (Phi) is 5.63. The number of nitrogens with zero attached hydrogens (tertiary/aromatic N) is 4. The average molecular weight is 456 g/mol. The van der Waals surface area contributed by atoms with Crippen molar-refractivity contribution in [3.63, 3.8) is 0 Å². The number of aliphatic hydroxyl groups is 1. The average Bonchev–Trinajstić information content (AvgIpc) is 3.44. The molecule has 0 atom stereocenters. The van der Waals surface area contributed by atoms with Gasteiger partial charge in [-0.25, -0.2) is 14.4 Å². The first-order valence-electron chi connectivity index (χ1n) is 11.2. The molecule has 0 radical (unpaired) electrons. The van der Waals surface area contributed by atoms with Crippen molar-refractivity contribution in [1.82, 2.24) is 19.1 Å². The lowest BCUT2D eigenvalue weighted by molar-refractivity contribution is 0.281. The van der Waals surface area contributed by atoms with E-state index in [1.807, 2.05) is 54.1 Å². The van der Waals surface area contributed by atoms with Gasteiger partial charge in [0.1, 0.15) is 17.2 Å². The summed E-state index contributed by atoms with van der Waals surface area (Å²) in [6, 6.07) is 18.5. The van der Waals surface area contributed by atoms with E-state index in [4.69, 9.17) is 4.98 Å². The summed E-state index contributed by atoms with van der Waals surface area (Å²) in [7, 11) is 0. The van der Waals surface area contributed by atoms with E-state index >= 15 is 0 Å². The molecule has 0 amide bonds. The highest BCUT2D eigenvalue weighted by Crippen LogP contribution is 2.34. The number of para-hydroxylation sites is 1. The standard InChI is InChI=1S/C27H26FN5O/c1-17(2)33-25-6-4-5-23(26(25)31-27(33)19-7-9-21(28)10-8-19)30-22-11-12-24(20(13-22)15-34)32-14-18(3)29-16-32/h4-14,16-17,30,34H,15H2,1-3H3. The van der Waals surface area contributed by atoms with Gasteiger partial charge in [-0.05, 0) is 75.4 Å². The van der Waals surface area contributed by atoms with E-state index in [1.54, 1.807) is 18.5 Å². The van der Waals surface area contributed by atoms with Crippen LogP contribution in [-0.2, 0) is 6.61 Å². The second kappa shape index (κ2) is 8.76. The molecule has 5 aromatic rings. The Labute approximate surface area is 197 Å². The Morgan fingerprint density at radius 1 is 1.06 bits per heavy atom. The minimum absolute atomic E-state index is 0.0943. The quantitative estimate of drug-likeness (QED) is 0.322. The van der Waals surface area contributed by atoms with Crippen LogP contribution in [0.1, 0.15) is 31.1 Å². The van der Waals surface area contributed by atoms with Gasteiger partial charge >= 0.3 is 0 Å². The zero-order chi connectivity index (χ0) is 23.8. The lowest BCUT2D eigenvalue weighted by atomic mass is 10.1. The number of aliphatic hydroxyl groups excluding tert-OH is 1. The molecular weight excluding hydrogens is 429 g/mol. The van der Waals surface area contributed by atoms with Crippen LogP contribution < -0.4 is 5.32 Å². The molecule has 0 spiro atoms. The van der Waals surface area contributed by atoms with Crippen molar-refractivity contribution < 1.29 is 9.50 Å². The number of nitrogens with one attached hydrogen (secondary N) is 1. The topological polar surface area (TPSA) is 67.9 Å². The van der Waals surface area contributed by atoms with Crippen LogP contribution in [0.5, 0.6) is 0 Å². The molecular formula is C27H26FN5O. The van der Waals surface area contributed by atoms with Crippen molar-refractivity contribution in [2.45, 2.75) is 33.4 Å². The first-order valence-corrected chi connectivity index (χ1v) is 11.2. The minimum Gasteiger partial charge on any atom is -0.392 e. The molecule has 5 rings (SSSR count). The number of benzene rings is 3. The van der Waals surface area contributed by atoms with Gasteiger partial charge in [0, 0.05) is 29.1 Å². The summed E-state index contributed by atoms with van der Waals surface area (Å²) in [5.41, 5.74) is 6.97. The highest BCUT2D eigenvalue weighted by Gasteiger charge is 2.17. The fourth-order valence-corrected chi connectivity index (χ4v) is 4.29. The molecule has 2 N–H and O–H groups in total. The lowest BCUT2D eigenvalue weighted by Crippen LogP contribution is -2.03. The summed E-state index contributed by atoms with van der Waals surface area (Å²) in [5.74, 6) is 0.522. The van der Waals surface area contributed by atoms with E-state index in [0.29, 0.717) is 0 Å². The summed E-state index contributed by atoms with van der Waals surface area (Å²) >= 11 is 0. The van der Waals surface area contributed by atoms with Gasteiger partial charge in [0.25, 0.3) is 0 Å². The molecule has 2 heterocycles. The third kappa shape index (κ3) is 3.95. The van der Waals surface area contributed by atoms with E-state index in [-0.39, 0.29) is 18.5 Å². The van der Waals surface area contributed by atoms with Gasteiger partial charge in [-0.2, -0.15) is 0 Å². The maximum atomic E-state index is 13.5. The molecule has 0 saturated heterocycles. The number of hydrogen-bond donors (Lipinski definition) is 2. The Bertz CT molecular complexity index is 1470. The Hall–Kier alpha value is -3.97. The molecule has 0 saturated carbocycles. The monoisotopic (exact) mass is 455 g/mol. The molecule has 0 aliphatic heterocycles. The first-order chi connectivity index (χ1) is 16.4. The number of rotatable bonds is 6. The second-order valence-corrected chi connectivity index (χ2v) is 8.63. The predicted molar refractivity (Wildman–Crippen MR) is 133 cm³/mol. The summed E-state index contributed by atoms with van der Waals surface area (Å²) in [6.07, 6.45) is 3.67. The zero-order valence-corrected chi connectivity index (χ0v) is 19.3. The van der Waals surface area contributed by atoms with Crippen molar-refractivity contribution in [2.24, 2.45) is 0 Å². The largest absolute Gasteiger partial charge is 0.392 e. The van der Waals surface area contributed by atoms with E-state index in [9.17, 15) is 9.50 Å². The van der Waals surface area contributed by atoms with E-state index < -0.39 is 0 Å². The summed E-state index contributed by atoms with van der Waals surface area (Å²) in [6.45, 7) is 6.06. The van der Waals surface area contributed by atoms with E-state index in [2.05, 4.69) is 28.7 Å². The van der Waals surface area contributed by atoms with Crippen molar-refractivity contribution in [3.05, 3.63) is 90.3 Å². The van der Waals surface area contributed by atoms with Crippen molar-refractivity contribution in [3.8, 4) is 17.1 Å². The van der Waals surface area contributed by atoms with Gasteiger partial charge in [-0.3, -0.25) is 0 Å². The smallest absolute Gasteiger partial charge is 0.141 e. The Morgan fingerprint density at radius 2 is 1.85 bits per heavy atom. The van der Waals surface area contributed by atoms with E-state index in [1.165, 1.54) is 12.1 Å². The van der Waals surface area contributed by atoms with Crippen LogP contribution in [-0.4, -0.2) is 24.2 Å². The van der Waals surface area contributed by atoms with E-state index in [0.717, 1.165) is 50.7 Å². The normalized spacial score (nSPS) is 11.5. The van der Waals surface area contributed by atoms with Crippen molar-refractivity contribution in [1.29, 1.82) is 0 Å². The van der Waals surface area contributed by atoms with Gasteiger partial charge in [0.15, 0.2) is 0 Å². The van der Waals surface area contributed by atoms with Gasteiger partial charge in [-0.1, -0.05) is 6.07 Å². The first kappa shape index (κ1) is 21.9. The molecule has 3 aromatic carbocycles. The molecule has 0 unspecified atom stereocenters. The second-order valence-electron chi connectivity index (χ2n) is 8.63. The number of hydrogen-bond acceptors (Lipinski definition) is 4. The lowest BCUT2D eigenvalue weighted by Gasteiger charge is -2.14. The van der Waals surface area contributed by atoms with Crippen LogP contribution in [0.3, 0.4) is 0 Å². The van der Waals surface area contributed by atoms with Crippen molar-refractivity contribution >= 4 is 22.4 Å². The fourth-order valence-electron chi connectivity index (χ4n) is 4.29. The maximum Gasteiger partial charge on any atom is 0.141 e. The Morgan fingerprint density at radius 3 is 2.53 bits per heavy atom. The third-order valence-electron chi connectivity index (χ3n) is 5.86. The highest BCUT2D eigenvalue weighted by atomic mass is 19.1. The summed E-state index contributed by atoms with van der Waals surface area (Å²) in [5, 5.41) is 13.5. The molecule has 172 valence electrons.